The molecule has 0 aromatic rings. The van der Waals surface area contributed by atoms with Gasteiger partial charge in [-0.2, -0.15) is 0 Å². The van der Waals surface area contributed by atoms with Crippen LogP contribution in [0.4, 0.5) is 4.79 Å². The van der Waals surface area contributed by atoms with Crippen LogP contribution < -0.4 is 16.8 Å². The highest BCUT2D eigenvalue weighted by Gasteiger charge is 2.17. The third-order valence-corrected chi connectivity index (χ3v) is 1.39. The Balaban J connectivity index is 4.40. The lowest BCUT2D eigenvalue weighted by Gasteiger charge is -2.21. The summed E-state index contributed by atoms with van der Waals surface area (Å²) in [4.78, 5) is 33.6. The van der Waals surface area contributed by atoms with Gasteiger partial charge in [-0.15, -0.1) is 0 Å². The molecule has 0 bridgehead atoms. The minimum atomic E-state index is -0.699. The number of hydrogen-bond donors (Lipinski definition) is 3. The van der Waals surface area contributed by atoms with Gasteiger partial charge in [0.2, 0.25) is 11.8 Å². The van der Waals surface area contributed by atoms with Gasteiger partial charge in [-0.25, -0.2) is 4.79 Å². The molecule has 5 N–H and O–H groups in total. The Hall–Kier alpha value is -1.79. The fourth-order valence-corrected chi connectivity index (χ4v) is 0.914. The van der Waals surface area contributed by atoms with E-state index < -0.39 is 17.8 Å². The van der Waals surface area contributed by atoms with Crippen molar-refractivity contribution < 1.29 is 14.4 Å². The van der Waals surface area contributed by atoms with Crippen LogP contribution in [0.2, 0.25) is 0 Å². The predicted octanol–water partition coefficient (Wildman–Crippen LogP) is -1.62. The zero-order valence-electron chi connectivity index (χ0n) is 8.82. The van der Waals surface area contributed by atoms with E-state index in [0.717, 1.165) is 4.90 Å². The summed E-state index contributed by atoms with van der Waals surface area (Å²) in [5, 5.41) is 2.52. The number of carbonyl (C=O) groups excluding carboxylic acids is 3. The van der Waals surface area contributed by atoms with Crippen molar-refractivity contribution in [3.8, 4) is 0 Å². The second-order valence-corrected chi connectivity index (χ2v) is 3.39. The van der Waals surface area contributed by atoms with Crippen LogP contribution in [0.25, 0.3) is 0 Å². The van der Waals surface area contributed by atoms with Crippen molar-refractivity contribution in [2.75, 3.05) is 13.1 Å². The first-order valence-electron chi connectivity index (χ1n) is 4.45. The minimum absolute atomic E-state index is 0.0965. The van der Waals surface area contributed by atoms with Crippen LogP contribution in [0.3, 0.4) is 0 Å². The number of nitrogens with two attached hydrogens (primary N) is 2. The van der Waals surface area contributed by atoms with Crippen LogP contribution in [0.5, 0.6) is 0 Å². The molecule has 86 valence electrons. The largest absolute Gasteiger partial charge is 0.368 e. The van der Waals surface area contributed by atoms with E-state index in [4.69, 9.17) is 11.5 Å². The number of rotatable bonds is 5. The van der Waals surface area contributed by atoms with E-state index >= 15 is 0 Å². The normalized spacial score (nSPS) is 9.80. The monoisotopic (exact) mass is 216 g/mol. The van der Waals surface area contributed by atoms with Crippen LogP contribution in [0.1, 0.15) is 13.8 Å². The molecule has 0 rings (SSSR count). The lowest BCUT2D eigenvalue weighted by molar-refractivity contribution is -0.120. The SMILES string of the molecule is CC(C)NC(=O)N(CC(N)=O)CC(N)=O. The van der Waals surface area contributed by atoms with Gasteiger partial charge in [0.05, 0.1) is 0 Å². The van der Waals surface area contributed by atoms with E-state index in [9.17, 15) is 14.4 Å². The van der Waals surface area contributed by atoms with Crippen molar-refractivity contribution in [2.24, 2.45) is 11.5 Å². The number of urea groups is 1. The molecular weight excluding hydrogens is 200 g/mol. The smallest absolute Gasteiger partial charge is 0.318 e. The highest BCUT2D eigenvalue weighted by Crippen LogP contribution is 1.90. The van der Waals surface area contributed by atoms with Gasteiger partial charge in [0.1, 0.15) is 13.1 Å². The molecular formula is C8H16N4O3. The summed E-state index contributed by atoms with van der Waals surface area (Å²) >= 11 is 0. The third kappa shape index (κ3) is 6.30. The highest BCUT2D eigenvalue weighted by atomic mass is 16.2. The Kier molecular flexibility index (Phi) is 5.14. The molecule has 0 fully saturated rings. The van der Waals surface area contributed by atoms with Crippen molar-refractivity contribution in [2.45, 2.75) is 19.9 Å². The molecule has 15 heavy (non-hydrogen) atoms. The molecule has 0 aliphatic heterocycles. The average Bonchev–Trinajstić information content (AvgIpc) is 1.99. The van der Waals surface area contributed by atoms with E-state index in [1.165, 1.54) is 0 Å². The Labute approximate surface area is 87.8 Å². The molecule has 0 spiro atoms. The minimum Gasteiger partial charge on any atom is -0.368 e. The van der Waals surface area contributed by atoms with Crippen molar-refractivity contribution in [3.05, 3.63) is 0 Å². The van der Waals surface area contributed by atoms with Crippen molar-refractivity contribution >= 4 is 17.8 Å². The maximum absolute atomic E-state index is 11.4. The van der Waals surface area contributed by atoms with Gasteiger partial charge in [-0.1, -0.05) is 0 Å². The first-order valence-corrected chi connectivity index (χ1v) is 4.45. The van der Waals surface area contributed by atoms with Crippen molar-refractivity contribution in [1.29, 1.82) is 0 Å². The van der Waals surface area contributed by atoms with E-state index in [2.05, 4.69) is 5.32 Å². The second-order valence-electron chi connectivity index (χ2n) is 3.39. The summed E-state index contributed by atoms with van der Waals surface area (Å²) < 4.78 is 0. The molecule has 0 radical (unpaired) electrons. The maximum Gasteiger partial charge on any atom is 0.318 e. The number of nitrogens with zero attached hydrogens (tertiary/aromatic N) is 1. The molecule has 0 aliphatic rings. The second kappa shape index (κ2) is 5.84. The van der Waals surface area contributed by atoms with Gasteiger partial charge in [-0.3, -0.25) is 9.59 Å². The topological polar surface area (TPSA) is 119 Å². The molecule has 0 saturated heterocycles. The summed E-state index contributed by atoms with van der Waals surface area (Å²) in [7, 11) is 0. The zero-order chi connectivity index (χ0) is 12.0. The van der Waals surface area contributed by atoms with Crippen LogP contribution >= 0.6 is 0 Å². The van der Waals surface area contributed by atoms with Gasteiger partial charge >= 0.3 is 6.03 Å². The van der Waals surface area contributed by atoms with Crippen LogP contribution in [0.15, 0.2) is 0 Å². The molecule has 0 unspecified atom stereocenters. The average molecular weight is 216 g/mol. The standard InChI is InChI=1S/C8H16N4O3/c1-5(2)11-8(15)12(3-6(9)13)4-7(10)14/h5H,3-4H2,1-2H3,(H2,9,13)(H2,10,14)(H,11,15). The Morgan fingerprint density at radius 3 is 1.80 bits per heavy atom. The van der Waals surface area contributed by atoms with Crippen LogP contribution in [-0.2, 0) is 9.59 Å². The fourth-order valence-electron chi connectivity index (χ4n) is 0.914. The number of nitrogens with one attached hydrogen (secondary N) is 1. The summed E-state index contributed by atoms with van der Waals surface area (Å²) in [6, 6.07) is -0.636. The quantitative estimate of drug-likeness (QED) is 0.512. The molecule has 0 saturated carbocycles. The van der Waals surface area contributed by atoms with E-state index in [0.29, 0.717) is 0 Å². The summed E-state index contributed by atoms with van der Waals surface area (Å²) in [6.07, 6.45) is 0. The first-order chi connectivity index (χ1) is 6.82. The number of amides is 4. The van der Waals surface area contributed by atoms with E-state index in [1.54, 1.807) is 13.8 Å². The summed E-state index contributed by atoms with van der Waals surface area (Å²) in [6.45, 7) is 2.85. The number of hydrogen-bond acceptors (Lipinski definition) is 3. The predicted molar refractivity (Wildman–Crippen MR) is 53.6 cm³/mol. The lowest BCUT2D eigenvalue weighted by atomic mass is 10.4. The molecule has 0 aliphatic carbocycles. The van der Waals surface area contributed by atoms with Gasteiger partial charge in [0, 0.05) is 6.04 Å². The molecule has 7 heteroatoms. The first kappa shape index (κ1) is 13.2. The van der Waals surface area contributed by atoms with Crippen molar-refractivity contribution in [3.63, 3.8) is 0 Å². The Morgan fingerprint density at radius 1 is 1.13 bits per heavy atom. The Bertz CT molecular complexity index is 249. The molecule has 4 amide bonds. The third-order valence-electron chi connectivity index (χ3n) is 1.39. The number of carbonyl (C=O) groups is 3. The molecule has 0 atom stereocenters. The van der Waals surface area contributed by atoms with Gasteiger partial charge in [0.15, 0.2) is 0 Å². The van der Waals surface area contributed by atoms with Crippen LogP contribution in [-0.4, -0.2) is 41.9 Å². The summed E-state index contributed by atoms with van der Waals surface area (Å²) in [5.41, 5.74) is 9.85. The molecule has 0 aromatic carbocycles. The van der Waals surface area contributed by atoms with Crippen molar-refractivity contribution in [1.82, 2.24) is 10.2 Å². The van der Waals surface area contributed by atoms with Gasteiger partial charge < -0.3 is 21.7 Å². The summed E-state index contributed by atoms with van der Waals surface area (Å²) in [5.74, 6) is -1.40. The zero-order valence-corrected chi connectivity index (χ0v) is 8.82. The molecule has 0 heterocycles. The lowest BCUT2D eigenvalue weighted by Crippen LogP contribution is -2.49. The highest BCUT2D eigenvalue weighted by molar-refractivity contribution is 5.87. The number of primary amides is 2. The molecule has 0 aromatic heterocycles. The van der Waals surface area contributed by atoms with E-state index in [-0.39, 0.29) is 19.1 Å². The Morgan fingerprint density at radius 2 is 1.53 bits per heavy atom. The van der Waals surface area contributed by atoms with Gasteiger partial charge in [0.25, 0.3) is 0 Å². The van der Waals surface area contributed by atoms with Gasteiger partial charge in [-0.05, 0) is 13.8 Å². The van der Waals surface area contributed by atoms with Crippen LogP contribution in [0, 0.1) is 0 Å². The fraction of sp³-hybridized carbons (Fsp3) is 0.625. The maximum atomic E-state index is 11.4. The van der Waals surface area contributed by atoms with E-state index in [1.807, 2.05) is 0 Å². The molecule has 7 nitrogen and oxygen atoms in total.